The Morgan fingerprint density at radius 3 is 1.67 bits per heavy atom. The fourth-order valence-corrected chi connectivity index (χ4v) is 0. The Kier molecular flexibility index (Phi) is 15.2. The van der Waals surface area contributed by atoms with Crippen molar-refractivity contribution in [1.29, 1.82) is 0 Å². The summed E-state index contributed by atoms with van der Waals surface area (Å²) < 4.78 is 0. The quantitative estimate of drug-likeness (QED) is 0.346. The zero-order valence-electron chi connectivity index (χ0n) is 7.29. The van der Waals surface area contributed by atoms with Gasteiger partial charge in [-0.15, -0.1) is 0 Å². The van der Waals surface area contributed by atoms with Gasteiger partial charge in [-0.25, -0.2) is 0 Å². The van der Waals surface area contributed by atoms with Gasteiger partial charge in [0.1, 0.15) is 0 Å². The van der Waals surface area contributed by atoms with E-state index in [1.54, 1.807) is 0 Å². The number of rotatable bonds is 2. The number of carbonyl (C=O) groups excluding carboxylic acids is 2. The van der Waals surface area contributed by atoms with Gasteiger partial charge in [0, 0.05) is 0 Å². The number of hydrogen-bond acceptors (Lipinski definition) is 3. The molecule has 62 valence electrons. The molecule has 0 rings (SSSR count). The summed E-state index contributed by atoms with van der Waals surface area (Å²) in [6.07, 6.45) is 1.06. The van der Waals surface area contributed by atoms with Crippen molar-refractivity contribution in [3.63, 3.8) is 0 Å². The number of carbonyl (C=O) groups is 2. The van der Waals surface area contributed by atoms with E-state index >= 15 is 0 Å². The molecular formula is C7H10NNaO3. The van der Waals surface area contributed by atoms with Crippen LogP contribution < -0.4 is 40.4 Å². The summed E-state index contributed by atoms with van der Waals surface area (Å²) in [6.45, 7) is 7.56. The predicted octanol–water partition coefficient (Wildman–Crippen LogP) is -4.03. The molecule has 0 unspecified atom stereocenters. The van der Waals surface area contributed by atoms with Crippen LogP contribution in [0.3, 0.4) is 0 Å². The van der Waals surface area contributed by atoms with Crippen LogP contribution in [0.15, 0.2) is 24.8 Å². The summed E-state index contributed by atoms with van der Waals surface area (Å²) in [5, 5.41) is 9.49. The number of amides is 1. The van der Waals surface area contributed by atoms with Crippen LogP contribution in [0, 0.1) is 0 Å². The van der Waals surface area contributed by atoms with E-state index in [4.69, 9.17) is 0 Å². The van der Waals surface area contributed by atoms with E-state index in [0.29, 0.717) is 0 Å². The largest absolute Gasteiger partial charge is 1.00 e. The average Bonchev–Trinajstić information content (AvgIpc) is 1.89. The first-order valence-corrected chi connectivity index (χ1v) is 2.70. The molecule has 0 aromatic rings. The van der Waals surface area contributed by atoms with E-state index in [9.17, 15) is 14.7 Å². The van der Waals surface area contributed by atoms with Gasteiger partial charge < -0.3 is 15.6 Å². The van der Waals surface area contributed by atoms with Crippen LogP contribution in [0.25, 0.3) is 0 Å². The molecule has 4 nitrogen and oxygen atoms in total. The van der Waals surface area contributed by atoms with Crippen LogP contribution in [0.5, 0.6) is 0 Å². The van der Waals surface area contributed by atoms with Crippen molar-refractivity contribution in [3.05, 3.63) is 24.8 Å². The molecule has 0 spiro atoms. The number of carboxylic acid groups (broad SMARTS) is 1. The molecule has 0 atom stereocenters. The molecule has 0 aromatic carbocycles. The first-order valence-electron chi connectivity index (χ1n) is 2.70. The summed E-state index contributed by atoms with van der Waals surface area (Å²) in [7, 11) is 0. The van der Waals surface area contributed by atoms with Gasteiger partial charge in [-0.1, -0.05) is 13.2 Å². The summed E-state index contributed by atoms with van der Waals surface area (Å²) in [5.74, 6) is -1.67. The molecule has 0 radical (unpaired) electrons. The number of primary amides is 1. The maximum Gasteiger partial charge on any atom is 1.00 e. The molecule has 1 amide bonds. The zero-order valence-corrected chi connectivity index (χ0v) is 9.29. The maximum atomic E-state index is 9.49. The van der Waals surface area contributed by atoms with Crippen molar-refractivity contribution in [2.75, 3.05) is 0 Å². The first-order chi connectivity index (χ1) is 4.91. The van der Waals surface area contributed by atoms with Crippen molar-refractivity contribution in [1.82, 2.24) is 0 Å². The Morgan fingerprint density at radius 2 is 1.67 bits per heavy atom. The van der Waals surface area contributed by atoms with E-state index in [1.165, 1.54) is 6.92 Å². The van der Waals surface area contributed by atoms with Gasteiger partial charge in [-0.05, 0) is 18.6 Å². The number of hydrogen-bond donors (Lipinski definition) is 1. The Balaban J connectivity index is -0.000000126. The molecule has 0 fully saturated rings. The van der Waals surface area contributed by atoms with Crippen LogP contribution in [0.4, 0.5) is 0 Å². The van der Waals surface area contributed by atoms with Crippen LogP contribution >= 0.6 is 0 Å². The SMILES string of the molecule is C=C(C)C(=O)[O-].C=CC(N)=O.[Na+]. The molecule has 0 aliphatic rings. The van der Waals surface area contributed by atoms with Crippen molar-refractivity contribution in [3.8, 4) is 0 Å². The fraction of sp³-hybridized carbons (Fsp3) is 0.143. The van der Waals surface area contributed by atoms with Crippen molar-refractivity contribution in [2.45, 2.75) is 6.92 Å². The average molecular weight is 179 g/mol. The molecule has 12 heavy (non-hydrogen) atoms. The third kappa shape index (κ3) is 22.7. The summed E-state index contributed by atoms with van der Waals surface area (Å²) in [6, 6.07) is 0. The maximum absolute atomic E-state index is 9.49. The molecule has 0 heterocycles. The molecule has 2 N–H and O–H groups in total. The van der Waals surface area contributed by atoms with E-state index in [1.807, 2.05) is 0 Å². The van der Waals surface area contributed by atoms with E-state index < -0.39 is 11.9 Å². The second-order valence-corrected chi connectivity index (χ2v) is 1.67. The van der Waals surface area contributed by atoms with Gasteiger partial charge in [-0.2, -0.15) is 0 Å². The smallest absolute Gasteiger partial charge is 0.545 e. The predicted molar refractivity (Wildman–Crippen MR) is 39.2 cm³/mol. The standard InChI is InChI=1S/C4H6O2.C3H5NO.Na/c1-3(2)4(5)6;1-2-3(4)5;/h1H2,2H3,(H,5,6);2H,1H2,(H2,4,5);/q;;+1/p-1. The molecule has 0 aromatic heterocycles. The number of nitrogens with two attached hydrogens (primary N) is 1. The second kappa shape index (κ2) is 10.4. The van der Waals surface area contributed by atoms with Crippen molar-refractivity contribution < 1.29 is 44.3 Å². The molecule has 0 saturated heterocycles. The third-order valence-corrected chi connectivity index (χ3v) is 0.550. The van der Waals surface area contributed by atoms with Gasteiger partial charge in [0.05, 0.1) is 5.97 Å². The van der Waals surface area contributed by atoms with Crippen LogP contribution in [0.1, 0.15) is 6.92 Å². The van der Waals surface area contributed by atoms with Gasteiger partial charge in [0.25, 0.3) is 0 Å². The molecule has 0 aliphatic heterocycles. The zero-order chi connectivity index (χ0) is 9.44. The van der Waals surface area contributed by atoms with Crippen LogP contribution in [-0.2, 0) is 9.59 Å². The van der Waals surface area contributed by atoms with Gasteiger partial charge in [0.2, 0.25) is 5.91 Å². The fourth-order valence-electron chi connectivity index (χ4n) is 0. The Labute approximate surface area is 93.4 Å². The Hall–Kier alpha value is -0.580. The van der Waals surface area contributed by atoms with Crippen LogP contribution in [-0.4, -0.2) is 11.9 Å². The Bertz CT molecular complexity index is 177. The number of carboxylic acids is 1. The minimum absolute atomic E-state index is 0. The molecule has 0 aliphatic carbocycles. The van der Waals surface area contributed by atoms with E-state index in [0.717, 1.165) is 6.08 Å². The van der Waals surface area contributed by atoms with Crippen molar-refractivity contribution >= 4 is 11.9 Å². The minimum atomic E-state index is -1.19. The summed E-state index contributed by atoms with van der Waals surface area (Å²) in [5.41, 5.74) is 4.60. The molecule has 0 saturated carbocycles. The van der Waals surface area contributed by atoms with Crippen LogP contribution in [0.2, 0.25) is 0 Å². The van der Waals surface area contributed by atoms with E-state index in [2.05, 4.69) is 18.9 Å². The summed E-state index contributed by atoms with van der Waals surface area (Å²) >= 11 is 0. The minimum Gasteiger partial charge on any atom is -0.545 e. The molecular weight excluding hydrogens is 169 g/mol. The second-order valence-electron chi connectivity index (χ2n) is 1.67. The normalized spacial score (nSPS) is 6.42. The third-order valence-electron chi connectivity index (χ3n) is 0.550. The van der Waals surface area contributed by atoms with Gasteiger partial charge in [0.15, 0.2) is 0 Å². The van der Waals surface area contributed by atoms with Gasteiger partial charge in [-0.3, -0.25) is 4.79 Å². The molecule has 0 bridgehead atoms. The first kappa shape index (κ1) is 17.5. The number of aliphatic carboxylic acids is 1. The monoisotopic (exact) mass is 179 g/mol. The van der Waals surface area contributed by atoms with Gasteiger partial charge >= 0.3 is 29.6 Å². The summed E-state index contributed by atoms with van der Waals surface area (Å²) in [4.78, 5) is 19.0. The van der Waals surface area contributed by atoms with E-state index in [-0.39, 0.29) is 35.1 Å². The molecule has 5 heteroatoms. The Morgan fingerprint density at radius 1 is 1.50 bits per heavy atom. The topological polar surface area (TPSA) is 83.2 Å². The van der Waals surface area contributed by atoms with Crippen molar-refractivity contribution in [2.24, 2.45) is 5.73 Å².